The van der Waals surface area contributed by atoms with E-state index in [1.165, 1.54) is 6.92 Å². The van der Waals surface area contributed by atoms with Gasteiger partial charge < -0.3 is 16.3 Å². The number of amides is 1. The highest BCUT2D eigenvalue weighted by Crippen LogP contribution is 2.23. The molecule has 17 heavy (non-hydrogen) atoms. The first-order chi connectivity index (χ1) is 7.69. The highest BCUT2D eigenvalue weighted by Gasteiger charge is 2.40. The molecule has 1 aliphatic rings. The standard InChI is InChI=1S/C9H17N3O4S/c1-6(7(10)12-14)8(13)11-9(2)3-4-17(15,16)5-9/h6,14H,3-5H2,1-2H3,(H2,10,12)(H,11,13). The number of carbonyl (C=O) groups is 1. The molecule has 8 heteroatoms. The van der Waals surface area contributed by atoms with Crippen LogP contribution in [0.1, 0.15) is 20.3 Å². The van der Waals surface area contributed by atoms with Crippen molar-refractivity contribution in [2.45, 2.75) is 25.8 Å². The van der Waals surface area contributed by atoms with Crippen molar-refractivity contribution in [3.63, 3.8) is 0 Å². The summed E-state index contributed by atoms with van der Waals surface area (Å²) in [5.74, 6) is -1.44. The molecule has 1 rings (SSSR count). The highest BCUT2D eigenvalue weighted by molar-refractivity contribution is 7.91. The number of amidine groups is 1. The molecule has 0 bridgehead atoms. The monoisotopic (exact) mass is 263 g/mol. The van der Waals surface area contributed by atoms with Gasteiger partial charge in [0, 0.05) is 0 Å². The van der Waals surface area contributed by atoms with Gasteiger partial charge in [-0.2, -0.15) is 0 Å². The third-order valence-electron chi connectivity index (χ3n) is 2.88. The van der Waals surface area contributed by atoms with Gasteiger partial charge in [-0.25, -0.2) is 8.42 Å². The molecule has 98 valence electrons. The largest absolute Gasteiger partial charge is 0.409 e. The van der Waals surface area contributed by atoms with E-state index in [1.54, 1.807) is 6.92 Å². The maximum absolute atomic E-state index is 11.7. The van der Waals surface area contributed by atoms with Crippen LogP contribution in [0, 0.1) is 5.92 Å². The highest BCUT2D eigenvalue weighted by atomic mass is 32.2. The molecule has 0 spiro atoms. The van der Waals surface area contributed by atoms with Crippen LogP contribution in [0.5, 0.6) is 0 Å². The number of sulfone groups is 1. The molecule has 2 unspecified atom stereocenters. The summed E-state index contributed by atoms with van der Waals surface area (Å²) in [5, 5.41) is 13.8. The van der Waals surface area contributed by atoms with Gasteiger partial charge in [-0.15, -0.1) is 0 Å². The van der Waals surface area contributed by atoms with Crippen LogP contribution in [0.3, 0.4) is 0 Å². The summed E-state index contributed by atoms with van der Waals surface area (Å²) < 4.78 is 22.7. The van der Waals surface area contributed by atoms with E-state index in [1.807, 2.05) is 0 Å². The Hall–Kier alpha value is -1.31. The summed E-state index contributed by atoms with van der Waals surface area (Å²) in [6.07, 6.45) is 0.379. The lowest BCUT2D eigenvalue weighted by molar-refractivity contribution is -0.124. The van der Waals surface area contributed by atoms with Crippen LogP contribution < -0.4 is 11.1 Å². The van der Waals surface area contributed by atoms with Crippen molar-refractivity contribution in [3.8, 4) is 0 Å². The Balaban J connectivity index is 2.70. The van der Waals surface area contributed by atoms with E-state index in [0.29, 0.717) is 6.42 Å². The molecule has 4 N–H and O–H groups in total. The predicted molar refractivity (Wildman–Crippen MR) is 62.4 cm³/mol. The van der Waals surface area contributed by atoms with E-state index < -0.39 is 27.2 Å². The van der Waals surface area contributed by atoms with Gasteiger partial charge in [-0.05, 0) is 20.3 Å². The van der Waals surface area contributed by atoms with Gasteiger partial charge in [-0.1, -0.05) is 5.16 Å². The van der Waals surface area contributed by atoms with Crippen LogP contribution in [0.15, 0.2) is 5.16 Å². The molecule has 0 aliphatic carbocycles. The number of nitrogens with two attached hydrogens (primary N) is 1. The van der Waals surface area contributed by atoms with Crippen molar-refractivity contribution in [3.05, 3.63) is 0 Å². The van der Waals surface area contributed by atoms with Crippen LogP contribution in [0.4, 0.5) is 0 Å². The quantitative estimate of drug-likeness (QED) is 0.262. The predicted octanol–water partition coefficient (Wildman–Crippen LogP) is -0.938. The van der Waals surface area contributed by atoms with Gasteiger partial charge in [0.1, 0.15) is 0 Å². The Bertz CT molecular complexity index is 445. The summed E-state index contributed by atoms with van der Waals surface area (Å²) >= 11 is 0. The molecule has 1 heterocycles. The molecule has 0 saturated carbocycles. The van der Waals surface area contributed by atoms with Gasteiger partial charge in [0.15, 0.2) is 15.7 Å². The zero-order valence-corrected chi connectivity index (χ0v) is 10.6. The fourth-order valence-corrected chi connectivity index (χ4v) is 3.83. The first kappa shape index (κ1) is 13.8. The molecule has 0 aromatic heterocycles. The lowest BCUT2D eigenvalue weighted by atomic mass is 10.00. The average Bonchev–Trinajstić information content (AvgIpc) is 2.50. The molecule has 0 aromatic carbocycles. The van der Waals surface area contributed by atoms with Gasteiger partial charge in [0.05, 0.1) is 23.0 Å². The third-order valence-corrected chi connectivity index (χ3v) is 4.78. The maximum Gasteiger partial charge on any atom is 0.230 e. The summed E-state index contributed by atoms with van der Waals surface area (Å²) in [6, 6.07) is 0. The molecular weight excluding hydrogens is 246 g/mol. The second-order valence-electron chi connectivity index (χ2n) is 4.64. The van der Waals surface area contributed by atoms with Gasteiger partial charge in [0.2, 0.25) is 5.91 Å². The minimum Gasteiger partial charge on any atom is -0.409 e. The lowest BCUT2D eigenvalue weighted by Crippen LogP contribution is -2.50. The maximum atomic E-state index is 11.7. The van der Waals surface area contributed by atoms with Crippen LogP contribution >= 0.6 is 0 Å². The van der Waals surface area contributed by atoms with Gasteiger partial charge in [-0.3, -0.25) is 4.79 Å². The number of hydrogen-bond donors (Lipinski definition) is 3. The molecule has 1 saturated heterocycles. The molecule has 2 atom stereocenters. The summed E-state index contributed by atoms with van der Waals surface area (Å²) in [4.78, 5) is 11.7. The van der Waals surface area contributed by atoms with Gasteiger partial charge >= 0.3 is 0 Å². The van der Waals surface area contributed by atoms with E-state index >= 15 is 0 Å². The minimum atomic E-state index is -3.08. The van der Waals surface area contributed by atoms with E-state index in [4.69, 9.17) is 10.9 Å². The number of hydrogen-bond acceptors (Lipinski definition) is 5. The summed E-state index contributed by atoms with van der Waals surface area (Å²) in [6.45, 7) is 3.16. The molecule has 0 radical (unpaired) electrons. The molecule has 1 fully saturated rings. The number of rotatable bonds is 3. The summed E-state index contributed by atoms with van der Waals surface area (Å²) in [7, 11) is -3.08. The van der Waals surface area contributed by atoms with Crippen molar-refractivity contribution in [1.29, 1.82) is 0 Å². The smallest absolute Gasteiger partial charge is 0.230 e. The molecule has 0 aromatic rings. The molecule has 1 amide bonds. The Morgan fingerprint density at radius 2 is 2.18 bits per heavy atom. The zero-order chi connectivity index (χ0) is 13.3. The first-order valence-electron chi connectivity index (χ1n) is 5.19. The van der Waals surface area contributed by atoms with Crippen molar-refractivity contribution >= 4 is 21.6 Å². The fraction of sp³-hybridized carbons (Fsp3) is 0.778. The van der Waals surface area contributed by atoms with Crippen LogP contribution in [0.2, 0.25) is 0 Å². The Morgan fingerprint density at radius 3 is 2.59 bits per heavy atom. The fourth-order valence-electron chi connectivity index (χ4n) is 1.74. The number of nitrogens with zero attached hydrogens (tertiary/aromatic N) is 1. The summed E-state index contributed by atoms with van der Waals surface area (Å²) in [5.41, 5.74) is 4.55. The minimum absolute atomic E-state index is 0.0712. The Morgan fingerprint density at radius 1 is 1.59 bits per heavy atom. The van der Waals surface area contributed by atoms with E-state index in [0.717, 1.165) is 0 Å². The number of carbonyl (C=O) groups excluding carboxylic acids is 1. The van der Waals surface area contributed by atoms with Crippen molar-refractivity contribution in [1.82, 2.24) is 5.32 Å². The Labute approximate surface area is 100.0 Å². The molecule has 1 aliphatic heterocycles. The van der Waals surface area contributed by atoms with Crippen molar-refractivity contribution < 1.29 is 18.4 Å². The van der Waals surface area contributed by atoms with E-state index in [2.05, 4.69) is 10.5 Å². The van der Waals surface area contributed by atoms with Gasteiger partial charge in [0.25, 0.3) is 0 Å². The van der Waals surface area contributed by atoms with Crippen LogP contribution in [0.25, 0.3) is 0 Å². The second kappa shape index (κ2) is 4.52. The Kier molecular flexibility index (Phi) is 3.65. The van der Waals surface area contributed by atoms with E-state index in [-0.39, 0.29) is 17.3 Å². The molecular formula is C9H17N3O4S. The van der Waals surface area contributed by atoms with Crippen LogP contribution in [-0.4, -0.2) is 42.4 Å². The first-order valence-corrected chi connectivity index (χ1v) is 7.01. The number of nitrogens with one attached hydrogen (secondary N) is 1. The van der Waals surface area contributed by atoms with Crippen LogP contribution in [-0.2, 0) is 14.6 Å². The third kappa shape index (κ3) is 3.32. The zero-order valence-electron chi connectivity index (χ0n) is 9.80. The second-order valence-corrected chi connectivity index (χ2v) is 6.82. The normalized spacial score (nSPS) is 29.9. The van der Waals surface area contributed by atoms with E-state index in [9.17, 15) is 13.2 Å². The lowest BCUT2D eigenvalue weighted by Gasteiger charge is -2.25. The molecule has 7 nitrogen and oxygen atoms in total. The van der Waals surface area contributed by atoms with Crippen molar-refractivity contribution in [2.75, 3.05) is 11.5 Å². The topological polar surface area (TPSA) is 122 Å². The SMILES string of the molecule is CC(C(=O)NC1(C)CCS(=O)(=O)C1)C(N)=NO. The van der Waals surface area contributed by atoms with Crippen molar-refractivity contribution in [2.24, 2.45) is 16.8 Å². The number of oxime groups is 1. The average molecular weight is 263 g/mol.